The SMILES string of the molecule is C[C@@H]1CN(C(=O)O)[C@](c2nc(-c3ccc(C#C[Si](C)(C)C)cc3)c[nH]2)(C(C)(C)C)C1. The normalized spacial score (nSPS) is 22.0. The van der Waals surface area contributed by atoms with Crippen LogP contribution in [0, 0.1) is 22.8 Å². The topological polar surface area (TPSA) is 69.2 Å². The Labute approximate surface area is 180 Å². The number of hydrogen-bond donors (Lipinski definition) is 2. The van der Waals surface area contributed by atoms with Crippen molar-refractivity contribution in [3.05, 3.63) is 41.9 Å². The third-order valence-corrected chi connectivity index (χ3v) is 6.68. The molecule has 1 amide bonds. The Kier molecular flexibility index (Phi) is 5.63. The van der Waals surface area contributed by atoms with Crippen LogP contribution in [0.3, 0.4) is 0 Å². The minimum Gasteiger partial charge on any atom is -0.465 e. The molecule has 1 aromatic heterocycles. The molecular weight excluding hydrogens is 390 g/mol. The van der Waals surface area contributed by atoms with E-state index in [1.165, 1.54) is 0 Å². The molecule has 6 heteroatoms. The Bertz CT molecular complexity index is 986. The Morgan fingerprint density at radius 2 is 1.90 bits per heavy atom. The van der Waals surface area contributed by atoms with Crippen LogP contribution >= 0.6 is 0 Å². The molecule has 30 heavy (non-hydrogen) atoms. The Balaban J connectivity index is 1.98. The minimum absolute atomic E-state index is 0.276. The van der Waals surface area contributed by atoms with Gasteiger partial charge in [0, 0.05) is 23.9 Å². The van der Waals surface area contributed by atoms with E-state index in [1.807, 2.05) is 30.5 Å². The second-order valence-electron chi connectivity index (χ2n) is 10.5. The molecule has 0 radical (unpaired) electrons. The Morgan fingerprint density at radius 3 is 2.43 bits per heavy atom. The van der Waals surface area contributed by atoms with Crippen molar-refractivity contribution in [3.8, 4) is 22.7 Å². The lowest BCUT2D eigenvalue weighted by molar-refractivity contribution is 0.0215. The van der Waals surface area contributed by atoms with Gasteiger partial charge in [-0.1, -0.05) is 65.4 Å². The highest BCUT2D eigenvalue weighted by Gasteiger charge is 2.57. The van der Waals surface area contributed by atoms with Crippen LogP contribution in [0.4, 0.5) is 4.79 Å². The molecular formula is C24H33N3O2Si. The van der Waals surface area contributed by atoms with Crippen LogP contribution in [-0.2, 0) is 5.54 Å². The van der Waals surface area contributed by atoms with E-state index in [-0.39, 0.29) is 11.3 Å². The number of carbonyl (C=O) groups is 1. The maximum absolute atomic E-state index is 12.1. The highest BCUT2D eigenvalue weighted by molar-refractivity contribution is 6.83. The first kappa shape index (κ1) is 22.2. The van der Waals surface area contributed by atoms with Gasteiger partial charge in [-0.3, -0.25) is 4.90 Å². The van der Waals surface area contributed by atoms with E-state index in [9.17, 15) is 9.90 Å². The number of likely N-dealkylation sites (tertiary alicyclic amines) is 1. The minimum atomic E-state index is -1.41. The third kappa shape index (κ3) is 4.17. The summed E-state index contributed by atoms with van der Waals surface area (Å²) in [7, 11) is -1.41. The number of carboxylic acid groups (broad SMARTS) is 1. The van der Waals surface area contributed by atoms with Gasteiger partial charge in [0.1, 0.15) is 19.4 Å². The van der Waals surface area contributed by atoms with Crippen LogP contribution in [-0.4, -0.2) is 40.7 Å². The zero-order valence-electron chi connectivity index (χ0n) is 19.1. The summed E-state index contributed by atoms with van der Waals surface area (Å²) < 4.78 is 0. The molecule has 2 atom stereocenters. The fraction of sp³-hybridized carbons (Fsp3) is 0.500. The standard InChI is InChI=1S/C24H33N3O2Si/c1-17-14-24(23(2,3)4,27(16-17)22(28)29)21-25-15-20(26-21)19-10-8-18(9-11-19)12-13-30(5,6)7/h8-11,15,17H,14,16H2,1-7H3,(H,25,26)(H,28,29)/t17-,24+/m0/s1. The number of H-pyrrole nitrogens is 1. The summed E-state index contributed by atoms with van der Waals surface area (Å²) in [5.41, 5.74) is 5.22. The Hall–Kier alpha value is -2.52. The fourth-order valence-electron chi connectivity index (χ4n) is 4.34. The second-order valence-corrected chi connectivity index (χ2v) is 15.3. The highest BCUT2D eigenvalue weighted by atomic mass is 28.3. The quantitative estimate of drug-likeness (QED) is 0.490. The molecule has 0 unspecified atom stereocenters. The number of nitrogens with one attached hydrogen (secondary N) is 1. The van der Waals surface area contributed by atoms with Crippen molar-refractivity contribution in [1.29, 1.82) is 0 Å². The first-order valence-corrected chi connectivity index (χ1v) is 14.0. The van der Waals surface area contributed by atoms with Gasteiger partial charge >= 0.3 is 6.09 Å². The molecule has 1 saturated heterocycles. The molecule has 2 heterocycles. The van der Waals surface area contributed by atoms with E-state index in [0.717, 1.165) is 29.1 Å². The second kappa shape index (κ2) is 7.62. The lowest BCUT2D eigenvalue weighted by atomic mass is 9.70. The lowest BCUT2D eigenvalue weighted by Crippen LogP contribution is -2.53. The van der Waals surface area contributed by atoms with Crippen molar-refractivity contribution in [1.82, 2.24) is 14.9 Å². The summed E-state index contributed by atoms with van der Waals surface area (Å²) in [4.78, 5) is 21.9. The van der Waals surface area contributed by atoms with Crippen LogP contribution < -0.4 is 0 Å². The van der Waals surface area contributed by atoms with Gasteiger partial charge in [0.25, 0.3) is 0 Å². The molecule has 0 aliphatic carbocycles. The fourth-order valence-corrected chi connectivity index (χ4v) is 4.86. The first-order chi connectivity index (χ1) is 13.8. The van der Waals surface area contributed by atoms with Crippen molar-refractivity contribution < 1.29 is 9.90 Å². The molecule has 5 nitrogen and oxygen atoms in total. The highest BCUT2D eigenvalue weighted by Crippen LogP contribution is 2.52. The summed E-state index contributed by atoms with van der Waals surface area (Å²) in [5.74, 6) is 4.27. The summed E-state index contributed by atoms with van der Waals surface area (Å²) in [6.45, 7) is 15.6. The molecule has 0 bridgehead atoms. The first-order valence-electron chi connectivity index (χ1n) is 10.5. The average molecular weight is 424 g/mol. The van der Waals surface area contributed by atoms with Gasteiger partial charge in [0.15, 0.2) is 0 Å². The number of benzene rings is 1. The smallest absolute Gasteiger partial charge is 0.408 e. The van der Waals surface area contributed by atoms with E-state index in [0.29, 0.717) is 6.54 Å². The van der Waals surface area contributed by atoms with Gasteiger partial charge in [-0.2, -0.15) is 0 Å². The molecule has 3 rings (SSSR count). The van der Waals surface area contributed by atoms with Crippen molar-refractivity contribution in [2.24, 2.45) is 11.3 Å². The van der Waals surface area contributed by atoms with Gasteiger partial charge in [0.2, 0.25) is 0 Å². The van der Waals surface area contributed by atoms with Crippen LogP contribution in [0.15, 0.2) is 30.5 Å². The number of rotatable bonds is 2. The number of hydrogen-bond acceptors (Lipinski definition) is 2. The van der Waals surface area contributed by atoms with E-state index in [1.54, 1.807) is 4.90 Å². The zero-order chi connectivity index (χ0) is 22.3. The maximum Gasteiger partial charge on any atom is 0.408 e. The maximum atomic E-state index is 12.1. The molecule has 160 valence electrons. The van der Waals surface area contributed by atoms with Crippen molar-refractivity contribution in [3.63, 3.8) is 0 Å². The van der Waals surface area contributed by atoms with Gasteiger partial charge in [-0.05, 0) is 29.9 Å². The van der Waals surface area contributed by atoms with Gasteiger partial charge in [0.05, 0.1) is 5.69 Å². The Morgan fingerprint density at radius 1 is 1.27 bits per heavy atom. The van der Waals surface area contributed by atoms with E-state index < -0.39 is 19.7 Å². The van der Waals surface area contributed by atoms with Crippen LogP contribution in [0.25, 0.3) is 11.3 Å². The lowest BCUT2D eigenvalue weighted by Gasteiger charge is -2.45. The molecule has 2 aromatic rings. The monoisotopic (exact) mass is 423 g/mol. The van der Waals surface area contributed by atoms with E-state index in [4.69, 9.17) is 4.98 Å². The number of aromatic nitrogens is 2. The molecule has 0 saturated carbocycles. The van der Waals surface area contributed by atoms with Gasteiger partial charge in [-0.25, -0.2) is 9.78 Å². The van der Waals surface area contributed by atoms with Crippen molar-refractivity contribution in [2.45, 2.75) is 59.3 Å². The summed E-state index contributed by atoms with van der Waals surface area (Å²) in [5, 5.41) is 9.93. The van der Waals surface area contributed by atoms with Crippen LogP contribution in [0.2, 0.25) is 19.6 Å². The zero-order valence-corrected chi connectivity index (χ0v) is 20.1. The summed E-state index contributed by atoms with van der Waals surface area (Å²) in [6, 6.07) is 8.11. The van der Waals surface area contributed by atoms with Crippen molar-refractivity contribution >= 4 is 14.2 Å². The van der Waals surface area contributed by atoms with E-state index >= 15 is 0 Å². The average Bonchev–Trinajstić information content (AvgIpc) is 3.24. The van der Waals surface area contributed by atoms with Crippen molar-refractivity contribution in [2.75, 3.05) is 6.54 Å². The third-order valence-electron chi connectivity index (χ3n) is 5.80. The summed E-state index contributed by atoms with van der Waals surface area (Å²) >= 11 is 0. The predicted molar refractivity (Wildman–Crippen MR) is 124 cm³/mol. The van der Waals surface area contributed by atoms with Crippen LogP contribution in [0.1, 0.15) is 45.5 Å². The number of aromatic amines is 1. The molecule has 1 aromatic carbocycles. The van der Waals surface area contributed by atoms with Gasteiger partial charge in [-0.15, -0.1) is 5.54 Å². The molecule has 1 aliphatic heterocycles. The van der Waals surface area contributed by atoms with E-state index in [2.05, 4.69) is 63.8 Å². The number of amides is 1. The molecule has 2 N–H and O–H groups in total. The number of nitrogens with zero attached hydrogens (tertiary/aromatic N) is 2. The van der Waals surface area contributed by atoms with Crippen LogP contribution in [0.5, 0.6) is 0 Å². The molecule has 0 spiro atoms. The molecule has 1 aliphatic rings. The largest absolute Gasteiger partial charge is 0.465 e. The van der Waals surface area contributed by atoms with Gasteiger partial charge < -0.3 is 10.1 Å². The summed E-state index contributed by atoms with van der Waals surface area (Å²) in [6.07, 6.45) is 1.74. The molecule has 1 fully saturated rings. The number of imidazole rings is 1. The predicted octanol–water partition coefficient (Wildman–Crippen LogP) is 5.57.